The van der Waals surface area contributed by atoms with E-state index >= 15 is 0 Å². The van der Waals surface area contributed by atoms with Crippen molar-refractivity contribution in [2.75, 3.05) is 0 Å². The number of halogens is 1. The van der Waals surface area contributed by atoms with Gasteiger partial charge < -0.3 is 0 Å². The maximum atomic E-state index is 13.4. The summed E-state index contributed by atoms with van der Waals surface area (Å²) in [6.07, 6.45) is 0. The molecule has 1 aromatic heterocycles. The molecule has 4 nitrogen and oxygen atoms in total. The summed E-state index contributed by atoms with van der Waals surface area (Å²) < 4.78 is 13.4. The van der Waals surface area contributed by atoms with Gasteiger partial charge in [0.1, 0.15) is 11.3 Å². The molecular weight excluding hydrogens is 209 g/mol. The first kappa shape index (κ1) is 10.5. The lowest BCUT2D eigenvalue weighted by atomic mass is 10.1. The van der Waals surface area contributed by atoms with Crippen molar-refractivity contribution in [3.8, 4) is 0 Å². The number of amides is 1. The molecule has 0 aliphatic carbocycles. The van der Waals surface area contributed by atoms with Gasteiger partial charge in [0.25, 0.3) is 5.91 Å². The van der Waals surface area contributed by atoms with Crippen LogP contribution in [0, 0.1) is 12.7 Å². The van der Waals surface area contributed by atoms with Gasteiger partial charge in [-0.2, -0.15) is 0 Å². The highest BCUT2D eigenvalue weighted by atomic mass is 19.1. The molecule has 2 rings (SSSR count). The van der Waals surface area contributed by atoms with E-state index in [4.69, 9.17) is 5.84 Å². The standard InChI is InChI=1S/C11H10FN3O/c1-6-8(11(16)15-13)5-7-3-2-4-9(12)10(7)14-6/h2-5H,13H2,1H3,(H,15,16). The fourth-order valence-electron chi connectivity index (χ4n) is 1.56. The van der Waals surface area contributed by atoms with Crippen LogP contribution < -0.4 is 11.3 Å². The number of nitrogen functional groups attached to an aromatic ring is 1. The Morgan fingerprint density at radius 3 is 2.94 bits per heavy atom. The topological polar surface area (TPSA) is 68.0 Å². The van der Waals surface area contributed by atoms with Crippen LogP contribution in [-0.4, -0.2) is 10.9 Å². The number of nitrogens with one attached hydrogen (secondary N) is 1. The predicted octanol–water partition coefficient (Wildman–Crippen LogP) is 1.29. The maximum Gasteiger partial charge on any atom is 0.267 e. The fourth-order valence-corrected chi connectivity index (χ4v) is 1.56. The van der Waals surface area contributed by atoms with Gasteiger partial charge in [-0.3, -0.25) is 10.2 Å². The van der Waals surface area contributed by atoms with E-state index in [0.29, 0.717) is 16.6 Å². The molecule has 0 fully saturated rings. The largest absolute Gasteiger partial charge is 0.290 e. The van der Waals surface area contributed by atoms with Crippen LogP contribution >= 0.6 is 0 Å². The van der Waals surface area contributed by atoms with Gasteiger partial charge in [0.15, 0.2) is 0 Å². The van der Waals surface area contributed by atoms with E-state index in [2.05, 4.69) is 4.98 Å². The van der Waals surface area contributed by atoms with E-state index in [1.807, 2.05) is 5.43 Å². The SMILES string of the molecule is Cc1nc2c(F)cccc2cc1C(=O)NN. The van der Waals surface area contributed by atoms with Crippen molar-refractivity contribution in [2.45, 2.75) is 6.92 Å². The fraction of sp³-hybridized carbons (Fsp3) is 0.0909. The minimum atomic E-state index is -0.434. The summed E-state index contributed by atoms with van der Waals surface area (Å²) in [6, 6.07) is 6.16. The summed E-state index contributed by atoms with van der Waals surface area (Å²) in [6.45, 7) is 1.64. The first-order valence-electron chi connectivity index (χ1n) is 4.70. The zero-order chi connectivity index (χ0) is 11.7. The Balaban J connectivity index is 2.72. The molecule has 1 amide bonds. The average molecular weight is 219 g/mol. The molecule has 0 saturated heterocycles. The van der Waals surface area contributed by atoms with Gasteiger partial charge >= 0.3 is 0 Å². The predicted molar refractivity (Wildman–Crippen MR) is 58.1 cm³/mol. The van der Waals surface area contributed by atoms with Crippen molar-refractivity contribution in [1.29, 1.82) is 0 Å². The average Bonchev–Trinajstić information content (AvgIpc) is 2.29. The van der Waals surface area contributed by atoms with E-state index in [9.17, 15) is 9.18 Å². The highest BCUT2D eigenvalue weighted by molar-refractivity contribution is 5.98. The molecule has 5 heteroatoms. The number of benzene rings is 1. The number of carbonyl (C=O) groups is 1. The zero-order valence-electron chi connectivity index (χ0n) is 8.62. The molecule has 0 saturated carbocycles. The van der Waals surface area contributed by atoms with E-state index in [1.54, 1.807) is 25.1 Å². The smallest absolute Gasteiger partial charge is 0.267 e. The van der Waals surface area contributed by atoms with Crippen LogP contribution in [0.3, 0.4) is 0 Å². The second kappa shape index (κ2) is 3.86. The van der Waals surface area contributed by atoms with Crippen molar-refractivity contribution in [1.82, 2.24) is 10.4 Å². The highest BCUT2D eigenvalue weighted by Crippen LogP contribution is 2.18. The number of fused-ring (bicyclic) bond motifs is 1. The molecule has 0 aliphatic rings. The maximum absolute atomic E-state index is 13.4. The summed E-state index contributed by atoms with van der Waals surface area (Å²) in [4.78, 5) is 15.4. The molecule has 1 aromatic carbocycles. The Labute approximate surface area is 91.2 Å². The number of aryl methyl sites for hydroxylation is 1. The molecule has 0 spiro atoms. The first-order chi connectivity index (χ1) is 7.63. The molecule has 2 aromatic rings. The van der Waals surface area contributed by atoms with Crippen LogP contribution in [-0.2, 0) is 0 Å². The van der Waals surface area contributed by atoms with Crippen molar-refractivity contribution in [3.05, 3.63) is 41.3 Å². The second-order valence-corrected chi connectivity index (χ2v) is 3.41. The molecule has 3 N–H and O–H groups in total. The summed E-state index contributed by atoms with van der Waals surface area (Å²) in [7, 11) is 0. The summed E-state index contributed by atoms with van der Waals surface area (Å²) in [5.41, 5.74) is 3.08. The number of carbonyl (C=O) groups excluding carboxylic acids is 1. The molecule has 0 aliphatic heterocycles. The molecule has 82 valence electrons. The molecule has 0 radical (unpaired) electrons. The zero-order valence-corrected chi connectivity index (χ0v) is 8.62. The number of para-hydroxylation sites is 1. The minimum Gasteiger partial charge on any atom is -0.290 e. The van der Waals surface area contributed by atoms with Crippen LogP contribution in [0.5, 0.6) is 0 Å². The van der Waals surface area contributed by atoms with Gasteiger partial charge in [-0.15, -0.1) is 0 Å². The van der Waals surface area contributed by atoms with E-state index in [0.717, 1.165) is 0 Å². The number of pyridine rings is 1. The molecule has 0 bridgehead atoms. The molecular formula is C11H10FN3O. The van der Waals surface area contributed by atoms with Gasteiger partial charge in [-0.25, -0.2) is 15.2 Å². The van der Waals surface area contributed by atoms with Gasteiger partial charge in [0, 0.05) is 5.39 Å². The minimum absolute atomic E-state index is 0.258. The Bertz CT molecular complexity index is 568. The number of aromatic nitrogens is 1. The number of hydrogen-bond donors (Lipinski definition) is 2. The third-order valence-corrected chi connectivity index (χ3v) is 2.36. The number of hydrazine groups is 1. The Hall–Kier alpha value is -2.01. The van der Waals surface area contributed by atoms with Crippen molar-refractivity contribution < 1.29 is 9.18 Å². The van der Waals surface area contributed by atoms with Gasteiger partial charge in [0.2, 0.25) is 0 Å². The molecule has 16 heavy (non-hydrogen) atoms. The van der Waals surface area contributed by atoms with Gasteiger partial charge in [0.05, 0.1) is 11.3 Å². The van der Waals surface area contributed by atoms with Crippen LogP contribution in [0.4, 0.5) is 4.39 Å². The molecule has 0 unspecified atom stereocenters. The lowest BCUT2D eigenvalue weighted by Gasteiger charge is -2.06. The summed E-state index contributed by atoms with van der Waals surface area (Å²) in [5, 5.41) is 0.573. The Morgan fingerprint density at radius 2 is 2.25 bits per heavy atom. The molecule has 0 atom stereocenters. The quantitative estimate of drug-likeness (QED) is 0.431. The van der Waals surface area contributed by atoms with Crippen molar-refractivity contribution in [2.24, 2.45) is 5.84 Å². The number of rotatable bonds is 1. The Kier molecular flexibility index (Phi) is 2.54. The van der Waals surface area contributed by atoms with Crippen molar-refractivity contribution >= 4 is 16.8 Å². The summed E-state index contributed by atoms with van der Waals surface area (Å²) >= 11 is 0. The summed E-state index contributed by atoms with van der Waals surface area (Å²) in [5.74, 6) is 4.21. The third-order valence-electron chi connectivity index (χ3n) is 2.36. The van der Waals surface area contributed by atoms with E-state index in [1.165, 1.54) is 6.07 Å². The normalized spacial score (nSPS) is 10.4. The lowest BCUT2D eigenvalue weighted by molar-refractivity contribution is 0.0953. The van der Waals surface area contributed by atoms with Crippen LogP contribution in [0.15, 0.2) is 24.3 Å². The lowest BCUT2D eigenvalue weighted by Crippen LogP contribution is -2.30. The van der Waals surface area contributed by atoms with E-state index < -0.39 is 11.7 Å². The third kappa shape index (κ3) is 1.61. The number of nitrogens with zero attached hydrogens (tertiary/aromatic N) is 1. The van der Waals surface area contributed by atoms with Crippen LogP contribution in [0.1, 0.15) is 16.1 Å². The molecule has 1 heterocycles. The highest BCUT2D eigenvalue weighted by Gasteiger charge is 2.11. The number of nitrogens with two attached hydrogens (primary N) is 1. The van der Waals surface area contributed by atoms with Crippen LogP contribution in [0.25, 0.3) is 10.9 Å². The van der Waals surface area contributed by atoms with Gasteiger partial charge in [-0.1, -0.05) is 12.1 Å². The monoisotopic (exact) mass is 219 g/mol. The Morgan fingerprint density at radius 1 is 1.50 bits per heavy atom. The number of hydrogen-bond acceptors (Lipinski definition) is 3. The van der Waals surface area contributed by atoms with Gasteiger partial charge in [-0.05, 0) is 19.1 Å². The van der Waals surface area contributed by atoms with Crippen molar-refractivity contribution in [3.63, 3.8) is 0 Å². The second-order valence-electron chi connectivity index (χ2n) is 3.41. The van der Waals surface area contributed by atoms with E-state index in [-0.39, 0.29) is 5.52 Å². The first-order valence-corrected chi connectivity index (χ1v) is 4.70. The van der Waals surface area contributed by atoms with Crippen LogP contribution in [0.2, 0.25) is 0 Å².